The fourth-order valence-corrected chi connectivity index (χ4v) is 4.36. The fourth-order valence-electron chi connectivity index (χ4n) is 2.60. The van der Waals surface area contributed by atoms with Crippen molar-refractivity contribution in [2.45, 2.75) is 24.3 Å². The average molecular weight is 379 g/mol. The zero-order valence-corrected chi connectivity index (χ0v) is 16.1. The number of hydrogen-bond acceptors (Lipinski definition) is 4. The van der Waals surface area contributed by atoms with Gasteiger partial charge < -0.3 is 5.32 Å². The topological polar surface area (TPSA) is 66.5 Å². The second-order valence-corrected chi connectivity index (χ2v) is 8.22. The number of thioether (sulfide) groups is 1. The lowest BCUT2D eigenvalue weighted by Crippen LogP contribution is -2.47. The van der Waals surface area contributed by atoms with Crippen LogP contribution in [0.25, 0.3) is 0 Å². The Labute approximate surface area is 153 Å². The van der Waals surface area contributed by atoms with E-state index >= 15 is 0 Å². The highest BCUT2D eigenvalue weighted by molar-refractivity contribution is 7.98. The Bertz CT molecular complexity index is 823. The molecule has 1 N–H and O–H groups in total. The number of para-hydroxylation sites is 2. The van der Waals surface area contributed by atoms with Crippen molar-refractivity contribution in [2.24, 2.45) is 0 Å². The van der Waals surface area contributed by atoms with Crippen LogP contribution in [0.1, 0.15) is 13.3 Å². The molecule has 0 fully saturated rings. The Morgan fingerprint density at radius 2 is 1.72 bits per heavy atom. The third-order valence-corrected chi connectivity index (χ3v) is 5.68. The number of nitrogens with zero attached hydrogens (tertiary/aromatic N) is 1. The van der Waals surface area contributed by atoms with Gasteiger partial charge in [-0.25, -0.2) is 8.42 Å². The molecule has 2 rings (SSSR count). The molecule has 0 aliphatic rings. The van der Waals surface area contributed by atoms with Crippen LogP contribution in [0, 0.1) is 0 Å². The number of sulfonamides is 1. The summed E-state index contributed by atoms with van der Waals surface area (Å²) in [6, 6.07) is 15.3. The highest BCUT2D eigenvalue weighted by Crippen LogP contribution is 2.27. The number of anilines is 2. The van der Waals surface area contributed by atoms with Gasteiger partial charge in [0.2, 0.25) is 15.9 Å². The Hall–Kier alpha value is -1.99. The molecule has 25 heavy (non-hydrogen) atoms. The number of carbonyl (C=O) groups is 1. The van der Waals surface area contributed by atoms with Crippen molar-refractivity contribution in [3.8, 4) is 0 Å². The molecule has 5 nitrogen and oxygen atoms in total. The number of hydrogen-bond donors (Lipinski definition) is 1. The SMILES string of the molecule is CCC(C(=O)Nc1ccccc1SC)N(c1ccccc1)S(C)(=O)=O. The predicted molar refractivity (Wildman–Crippen MR) is 105 cm³/mol. The molecule has 1 unspecified atom stereocenters. The minimum atomic E-state index is -3.61. The van der Waals surface area contributed by atoms with Crippen molar-refractivity contribution in [3.05, 3.63) is 54.6 Å². The second kappa shape index (κ2) is 8.40. The van der Waals surface area contributed by atoms with Gasteiger partial charge >= 0.3 is 0 Å². The number of carbonyl (C=O) groups excluding carboxylic acids is 1. The van der Waals surface area contributed by atoms with Crippen LogP contribution in [0.4, 0.5) is 11.4 Å². The number of rotatable bonds is 7. The van der Waals surface area contributed by atoms with Crippen LogP contribution < -0.4 is 9.62 Å². The van der Waals surface area contributed by atoms with Crippen LogP contribution in [0.5, 0.6) is 0 Å². The van der Waals surface area contributed by atoms with Crippen LogP contribution in [-0.4, -0.2) is 32.9 Å². The maximum absolute atomic E-state index is 12.8. The Balaban J connectivity index is 2.36. The van der Waals surface area contributed by atoms with E-state index in [0.717, 1.165) is 11.2 Å². The van der Waals surface area contributed by atoms with Gasteiger partial charge in [0, 0.05) is 4.90 Å². The van der Waals surface area contributed by atoms with E-state index in [1.807, 2.05) is 30.5 Å². The van der Waals surface area contributed by atoms with Crippen molar-refractivity contribution in [1.29, 1.82) is 0 Å². The molecule has 0 bridgehead atoms. The Morgan fingerprint density at radius 1 is 1.12 bits per heavy atom. The van der Waals surface area contributed by atoms with Crippen molar-refractivity contribution < 1.29 is 13.2 Å². The molecule has 0 aliphatic heterocycles. The molecule has 0 heterocycles. The molecule has 1 atom stereocenters. The molecule has 1 amide bonds. The van der Waals surface area contributed by atoms with Crippen LogP contribution in [-0.2, 0) is 14.8 Å². The van der Waals surface area contributed by atoms with Gasteiger partial charge in [-0.1, -0.05) is 37.3 Å². The molecule has 0 radical (unpaired) electrons. The van der Waals surface area contributed by atoms with E-state index in [1.54, 1.807) is 37.3 Å². The normalized spacial score (nSPS) is 12.4. The van der Waals surface area contributed by atoms with Gasteiger partial charge in [-0.05, 0) is 36.9 Å². The van der Waals surface area contributed by atoms with Gasteiger partial charge in [0.05, 0.1) is 17.6 Å². The summed E-state index contributed by atoms with van der Waals surface area (Å²) in [6.45, 7) is 1.80. The van der Waals surface area contributed by atoms with E-state index in [-0.39, 0.29) is 5.91 Å². The van der Waals surface area contributed by atoms with E-state index in [9.17, 15) is 13.2 Å². The third kappa shape index (κ3) is 4.76. The molecule has 134 valence electrons. The number of amides is 1. The van der Waals surface area contributed by atoms with E-state index in [4.69, 9.17) is 0 Å². The van der Waals surface area contributed by atoms with Crippen LogP contribution in [0.2, 0.25) is 0 Å². The predicted octanol–water partition coefficient (Wildman–Crippen LogP) is 3.59. The van der Waals surface area contributed by atoms with E-state index < -0.39 is 16.1 Å². The minimum Gasteiger partial charge on any atom is -0.323 e. The molecule has 2 aromatic carbocycles. The molecule has 0 saturated carbocycles. The highest BCUT2D eigenvalue weighted by atomic mass is 32.2. The van der Waals surface area contributed by atoms with Gasteiger partial charge in [-0.2, -0.15) is 0 Å². The van der Waals surface area contributed by atoms with Gasteiger partial charge in [0.25, 0.3) is 0 Å². The zero-order chi connectivity index (χ0) is 18.4. The zero-order valence-electron chi connectivity index (χ0n) is 14.5. The van der Waals surface area contributed by atoms with Gasteiger partial charge in [-0.3, -0.25) is 9.10 Å². The minimum absolute atomic E-state index is 0.349. The first-order chi connectivity index (χ1) is 11.9. The first kappa shape index (κ1) is 19.3. The first-order valence-electron chi connectivity index (χ1n) is 7.86. The summed E-state index contributed by atoms with van der Waals surface area (Å²) < 4.78 is 25.9. The van der Waals surface area contributed by atoms with E-state index in [1.165, 1.54) is 16.1 Å². The summed E-state index contributed by atoms with van der Waals surface area (Å²) in [6.07, 6.45) is 3.40. The lowest BCUT2D eigenvalue weighted by molar-refractivity contribution is -0.117. The molecular weight excluding hydrogens is 356 g/mol. The van der Waals surface area contributed by atoms with Crippen molar-refractivity contribution >= 4 is 39.1 Å². The molecule has 0 spiro atoms. The summed E-state index contributed by atoms with van der Waals surface area (Å²) in [5.41, 5.74) is 1.16. The summed E-state index contributed by atoms with van der Waals surface area (Å²) in [4.78, 5) is 13.8. The van der Waals surface area contributed by atoms with E-state index in [2.05, 4.69) is 5.32 Å². The summed E-state index contributed by atoms with van der Waals surface area (Å²) >= 11 is 1.52. The van der Waals surface area contributed by atoms with Crippen molar-refractivity contribution in [1.82, 2.24) is 0 Å². The summed E-state index contributed by atoms with van der Waals surface area (Å²) in [7, 11) is -3.61. The fraction of sp³-hybridized carbons (Fsp3) is 0.278. The molecule has 2 aromatic rings. The average Bonchev–Trinajstić information content (AvgIpc) is 2.59. The standard InChI is InChI=1S/C18H22N2O3S2/c1-4-16(18(21)19-15-12-8-9-13-17(15)24-2)20(25(3,22)23)14-10-6-5-7-11-14/h5-13,16H,4H2,1-3H3,(H,19,21). The van der Waals surface area contributed by atoms with Gasteiger partial charge in [-0.15, -0.1) is 11.8 Å². The van der Waals surface area contributed by atoms with Crippen LogP contribution in [0.3, 0.4) is 0 Å². The van der Waals surface area contributed by atoms with Gasteiger partial charge in [0.1, 0.15) is 6.04 Å². The number of nitrogens with one attached hydrogen (secondary N) is 1. The first-order valence-corrected chi connectivity index (χ1v) is 10.9. The molecule has 0 aromatic heterocycles. The van der Waals surface area contributed by atoms with Crippen molar-refractivity contribution in [3.63, 3.8) is 0 Å². The monoisotopic (exact) mass is 378 g/mol. The van der Waals surface area contributed by atoms with Crippen molar-refractivity contribution in [2.75, 3.05) is 22.1 Å². The molecular formula is C18H22N2O3S2. The van der Waals surface area contributed by atoms with Crippen LogP contribution >= 0.6 is 11.8 Å². The lowest BCUT2D eigenvalue weighted by atomic mass is 10.2. The second-order valence-electron chi connectivity index (χ2n) is 5.51. The smallest absolute Gasteiger partial charge is 0.248 e. The highest BCUT2D eigenvalue weighted by Gasteiger charge is 2.31. The molecule has 7 heteroatoms. The Kier molecular flexibility index (Phi) is 6.50. The lowest BCUT2D eigenvalue weighted by Gasteiger charge is -2.30. The molecule has 0 saturated heterocycles. The van der Waals surface area contributed by atoms with Gasteiger partial charge in [0.15, 0.2) is 0 Å². The Morgan fingerprint density at radius 3 is 2.28 bits per heavy atom. The summed E-state index contributed by atoms with van der Waals surface area (Å²) in [5.74, 6) is -0.349. The van der Waals surface area contributed by atoms with Crippen LogP contribution in [0.15, 0.2) is 59.5 Å². The quantitative estimate of drug-likeness (QED) is 0.748. The number of benzene rings is 2. The maximum Gasteiger partial charge on any atom is 0.248 e. The largest absolute Gasteiger partial charge is 0.323 e. The van der Waals surface area contributed by atoms with E-state index in [0.29, 0.717) is 17.8 Å². The third-order valence-electron chi connectivity index (χ3n) is 3.71. The summed E-state index contributed by atoms with van der Waals surface area (Å²) in [5, 5.41) is 2.87. The molecule has 0 aliphatic carbocycles. The maximum atomic E-state index is 12.8.